The summed E-state index contributed by atoms with van der Waals surface area (Å²) in [6.07, 6.45) is 0. The van der Waals surface area contributed by atoms with Crippen molar-refractivity contribution in [1.29, 1.82) is 5.26 Å². The lowest BCUT2D eigenvalue weighted by Crippen LogP contribution is -2.22. The van der Waals surface area contributed by atoms with Crippen LogP contribution in [0.15, 0.2) is 24.3 Å². The number of hydrogen-bond donors (Lipinski definition) is 0. The average molecular weight is 218 g/mol. The lowest BCUT2D eigenvalue weighted by molar-refractivity contribution is 0.120. The van der Waals surface area contributed by atoms with Crippen LogP contribution in [0.2, 0.25) is 0 Å². The van der Waals surface area contributed by atoms with E-state index in [0.717, 1.165) is 26.3 Å². The molecule has 0 heterocycles. The van der Waals surface area contributed by atoms with Crippen LogP contribution in [-0.4, -0.2) is 31.7 Å². The van der Waals surface area contributed by atoms with Gasteiger partial charge in [0, 0.05) is 19.7 Å². The Labute approximate surface area is 97.3 Å². The van der Waals surface area contributed by atoms with E-state index in [9.17, 15) is 0 Å². The fourth-order valence-corrected chi connectivity index (χ4v) is 1.44. The molecule has 0 aromatic heterocycles. The first-order valence-corrected chi connectivity index (χ1v) is 5.51. The number of ether oxygens (including phenoxy) is 1. The molecule has 0 radical (unpaired) electrons. The Balaban J connectivity index is 2.38. The Morgan fingerprint density at radius 2 is 2.00 bits per heavy atom. The van der Waals surface area contributed by atoms with E-state index >= 15 is 0 Å². The zero-order chi connectivity index (χ0) is 11.8. The molecule has 1 aromatic rings. The minimum absolute atomic E-state index is 0.709. The van der Waals surface area contributed by atoms with E-state index in [1.165, 1.54) is 5.56 Å². The van der Waals surface area contributed by atoms with Crippen LogP contribution in [0.25, 0.3) is 0 Å². The molecule has 0 unspecified atom stereocenters. The molecule has 0 saturated carbocycles. The van der Waals surface area contributed by atoms with Crippen LogP contribution in [0, 0.1) is 11.3 Å². The van der Waals surface area contributed by atoms with Crippen LogP contribution < -0.4 is 0 Å². The molecule has 3 nitrogen and oxygen atoms in total. The molecule has 3 heteroatoms. The van der Waals surface area contributed by atoms with Gasteiger partial charge in [-0.3, -0.25) is 4.90 Å². The summed E-state index contributed by atoms with van der Waals surface area (Å²) in [7, 11) is 2.07. The van der Waals surface area contributed by atoms with Crippen molar-refractivity contribution >= 4 is 0 Å². The molecule has 0 spiro atoms. The first-order valence-electron chi connectivity index (χ1n) is 5.51. The highest BCUT2D eigenvalue weighted by Crippen LogP contribution is 2.05. The van der Waals surface area contributed by atoms with Gasteiger partial charge >= 0.3 is 0 Å². The molecule has 1 aromatic carbocycles. The van der Waals surface area contributed by atoms with Crippen molar-refractivity contribution in [2.24, 2.45) is 0 Å². The number of likely N-dealkylation sites (N-methyl/N-ethyl adjacent to an activating group) is 1. The van der Waals surface area contributed by atoms with Crippen LogP contribution in [-0.2, 0) is 11.3 Å². The van der Waals surface area contributed by atoms with Crippen molar-refractivity contribution in [3.05, 3.63) is 35.4 Å². The van der Waals surface area contributed by atoms with Crippen LogP contribution in [0.3, 0.4) is 0 Å². The average Bonchev–Trinajstić information content (AvgIpc) is 2.30. The molecular weight excluding hydrogens is 200 g/mol. The molecule has 86 valence electrons. The number of benzene rings is 1. The highest BCUT2D eigenvalue weighted by atomic mass is 16.5. The highest BCUT2D eigenvalue weighted by Gasteiger charge is 2.00. The van der Waals surface area contributed by atoms with Crippen LogP contribution in [0.4, 0.5) is 0 Å². The van der Waals surface area contributed by atoms with Gasteiger partial charge in [0.25, 0.3) is 0 Å². The fourth-order valence-electron chi connectivity index (χ4n) is 1.44. The summed E-state index contributed by atoms with van der Waals surface area (Å²) < 4.78 is 5.29. The van der Waals surface area contributed by atoms with Gasteiger partial charge in [0.2, 0.25) is 0 Å². The van der Waals surface area contributed by atoms with Gasteiger partial charge < -0.3 is 4.74 Å². The Hall–Kier alpha value is -1.37. The SMILES string of the molecule is CCOCCN(C)Cc1ccc(C#N)cc1. The van der Waals surface area contributed by atoms with Gasteiger partial charge in [0.05, 0.1) is 18.2 Å². The quantitative estimate of drug-likeness (QED) is 0.685. The maximum atomic E-state index is 8.68. The van der Waals surface area contributed by atoms with Crippen LogP contribution in [0.5, 0.6) is 0 Å². The third-order valence-electron chi connectivity index (χ3n) is 2.36. The lowest BCUT2D eigenvalue weighted by Gasteiger charge is -2.16. The van der Waals surface area contributed by atoms with Gasteiger partial charge in [-0.05, 0) is 31.7 Å². The van der Waals surface area contributed by atoms with Gasteiger partial charge in [-0.1, -0.05) is 12.1 Å². The summed E-state index contributed by atoms with van der Waals surface area (Å²) in [5, 5.41) is 8.68. The third kappa shape index (κ3) is 4.43. The fraction of sp³-hybridized carbons (Fsp3) is 0.462. The predicted octanol–water partition coefficient (Wildman–Crippen LogP) is 2.03. The van der Waals surface area contributed by atoms with Crippen LogP contribution in [0.1, 0.15) is 18.1 Å². The molecule has 0 bridgehead atoms. The monoisotopic (exact) mass is 218 g/mol. The summed E-state index contributed by atoms with van der Waals surface area (Å²) in [5.41, 5.74) is 1.93. The summed E-state index contributed by atoms with van der Waals surface area (Å²) >= 11 is 0. The summed E-state index contributed by atoms with van der Waals surface area (Å²) in [5.74, 6) is 0. The van der Waals surface area contributed by atoms with Crippen molar-refractivity contribution in [2.75, 3.05) is 26.8 Å². The van der Waals surface area contributed by atoms with E-state index in [0.29, 0.717) is 5.56 Å². The minimum atomic E-state index is 0.709. The largest absolute Gasteiger partial charge is 0.380 e. The second-order valence-corrected chi connectivity index (χ2v) is 3.74. The van der Waals surface area contributed by atoms with E-state index < -0.39 is 0 Å². The van der Waals surface area contributed by atoms with Gasteiger partial charge in [-0.25, -0.2) is 0 Å². The van der Waals surface area contributed by atoms with E-state index in [1.54, 1.807) is 0 Å². The molecule has 0 aliphatic rings. The van der Waals surface area contributed by atoms with Gasteiger partial charge in [-0.2, -0.15) is 5.26 Å². The molecule has 16 heavy (non-hydrogen) atoms. The normalized spacial score (nSPS) is 10.4. The second-order valence-electron chi connectivity index (χ2n) is 3.74. The Kier molecular flexibility index (Phi) is 5.55. The first kappa shape index (κ1) is 12.7. The minimum Gasteiger partial charge on any atom is -0.380 e. The molecule has 1 rings (SSSR count). The Morgan fingerprint density at radius 1 is 1.31 bits per heavy atom. The molecule has 0 aliphatic heterocycles. The molecule has 0 amide bonds. The Morgan fingerprint density at radius 3 is 2.56 bits per heavy atom. The standard InChI is InChI=1S/C13H18N2O/c1-3-16-9-8-15(2)11-13-6-4-12(10-14)5-7-13/h4-7H,3,8-9,11H2,1-2H3. The first-order chi connectivity index (χ1) is 7.76. The molecular formula is C13H18N2O. The topological polar surface area (TPSA) is 36.3 Å². The molecule has 0 N–H and O–H groups in total. The lowest BCUT2D eigenvalue weighted by atomic mass is 10.1. The van der Waals surface area contributed by atoms with E-state index in [-0.39, 0.29) is 0 Å². The predicted molar refractivity (Wildman–Crippen MR) is 64.0 cm³/mol. The highest BCUT2D eigenvalue weighted by molar-refractivity contribution is 5.31. The van der Waals surface area contributed by atoms with Gasteiger partial charge in [-0.15, -0.1) is 0 Å². The van der Waals surface area contributed by atoms with E-state index in [1.807, 2.05) is 31.2 Å². The second kappa shape index (κ2) is 7.00. The van der Waals surface area contributed by atoms with Crippen molar-refractivity contribution in [3.8, 4) is 6.07 Å². The summed E-state index contributed by atoms with van der Waals surface area (Å²) in [6.45, 7) is 5.35. The molecule has 0 aliphatic carbocycles. The number of rotatable bonds is 6. The van der Waals surface area contributed by atoms with Crippen molar-refractivity contribution < 1.29 is 4.74 Å². The zero-order valence-corrected chi connectivity index (χ0v) is 9.94. The van der Waals surface area contributed by atoms with Crippen LogP contribution >= 0.6 is 0 Å². The van der Waals surface area contributed by atoms with Crippen molar-refractivity contribution in [3.63, 3.8) is 0 Å². The number of hydrogen-bond acceptors (Lipinski definition) is 3. The molecule has 0 saturated heterocycles. The number of nitriles is 1. The smallest absolute Gasteiger partial charge is 0.0991 e. The maximum Gasteiger partial charge on any atom is 0.0991 e. The zero-order valence-electron chi connectivity index (χ0n) is 9.94. The van der Waals surface area contributed by atoms with E-state index in [4.69, 9.17) is 10.00 Å². The third-order valence-corrected chi connectivity index (χ3v) is 2.36. The summed E-state index contributed by atoms with van der Waals surface area (Å²) in [6, 6.07) is 9.81. The van der Waals surface area contributed by atoms with Gasteiger partial charge in [0.1, 0.15) is 0 Å². The molecule has 0 atom stereocenters. The maximum absolute atomic E-state index is 8.68. The number of nitrogens with zero attached hydrogens (tertiary/aromatic N) is 2. The Bertz CT molecular complexity index is 340. The van der Waals surface area contributed by atoms with E-state index in [2.05, 4.69) is 18.0 Å². The molecule has 0 fully saturated rings. The summed E-state index contributed by atoms with van der Waals surface area (Å²) in [4.78, 5) is 2.21. The van der Waals surface area contributed by atoms with Crippen molar-refractivity contribution in [1.82, 2.24) is 4.90 Å². The van der Waals surface area contributed by atoms with Gasteiger partial charge in [0.15, 0.2) is 0 Å². The van der Waals surface area contributed by atoms with Crippen molar-refractivity contribution in [2.45, 2.75) is 13.5 Å².